The molecule has 1 saturated heterocycles. The van der Waals surface area contributed by atoms with E-state index in [-0.39, 0.29) is 11.6 Å². The highest BCUT2D eigenvalue weighted by atomic mass is 35.5. The Labute approximate surface area is 189 Å². The summed E-state index contributed by atoms with van der Waals surface area (Å²) in [4.78, 5) is 11.3. The minimum absolute atomic E-state index is 0.0793. The van der Waals surface area contributed by atoms with Crippen LogP contribution in [0.3, 0.4) is 0 Å². The molecule has 1 aliphatic heterocycles. The predicted octanol–water partition coefficient (Wildman–Crippen LogP) is 5.28. The quantitative estimate of drug-likeness (QED) is 0.445. The van der Waals surface area contributed by atoms with Crippen molar-refractivity contribution in [3.8, 4) is 17.1 Å². The number of phenolic OH excluding ortho intramolecular Hbond substituents is 1. The molecule has 7 heteroatoms. The number of phenols is 1. The minimum atomic E-state index is -0.963. The molecule has 1 aromatic heterocycles. The molecule has 0 atom stereocenters. The Morgan fingerprint density at radius 3 is 2.38 bits per heavy atom. The summed E-state index contributed by atoms with van der Waals surface area (Å²) >= 11 is 5.99. The number of anilines is 1. The van der Waals surface area contributed by atoms with Crippen molar-refractivity contribution in [2.75, 3.05) is 18.0 Å². The van der Waals surface area contributed by atoms with Crippen LogP contribution in [0, 0.1) is 5.82 Å². The number of halogens is 2. The Morgan fingerprint density at radius 2 is 1.66 bits per heavy atom. The van der Waals surface area contributed by atoms with Gasteiger partial charge >= 0.3 is 0 Å². The maximum Gasteiger partial charge on any atom is 0.165 e. The van der Waals surface area contributed by atoms with Crippen LogP contribution in [-0.4, -0.2) is 33.3 Å². The summed E-state index contributed by atoms with van der Waals surface area (Å²) in [5.74, 6) is 0.671. The summed E-state index contributed by atoms with van der Waals surface area (Å²) in [5, 5.41) is 22.8. The second-order valence-corrected chi connectivity index (χ2v) is 8.51. The van der Waals surface area contributed by atoms with E-state index in [0.29, 0.717) is 59.1 Å². The van der Waals surface area contributed by atoms with Crippen LogP contribution < -0.4 is 4.90 Å². The Balaban J connectivity index is 1.53. The number of para-hydroxylation sites is 1. The molecule has 162 valence electrons. The highest BCUT2D eigenvalue weighted by Crippen LogP contribution is 2.37. The van der Waals surface area contributed by atoms with Crippen molar-refractivity contribution < 1.29 is 14.6 Å². The molecule has 0 aliphatic carbocycles. The van der Waals surface area contributed by atoms with Gasteiger partial charge in [0.1, 0.15) is 17.4 Å². The van der Waals surface area contributed by atoms with Gasteiger partial charge in [-0.2, -0.15) is 0 Å². The lowest BCUT2D eigenvalue weighted by Crippen LogP contribution is -2.43. The van der Waals surface area contributed by atoms with Crippen LogP contribution in [0.15, 0.2) is 66.7 Å². The van der Waals surface area contributed by atoms with E-state index in [9.17, 15) is 14.6 Å². The van der Waals surface area contributed by atoms with Crippen molar-refractivity contribution in [3.63, 3.8) is 0 Å². The fourth-order valence-corrected chi connectivity index (χ4v) is 4.37. The number of fused-ring (bicyclic) bond motifs is 1. The van der Waals surface area contributed by atoms with E-state index in [1.807, 2.05) is 17.0 Å². The van der Waals surface area contributed by atoms with Crippen LogP contribution in [0.5, 0.6) is 5.75 Å². The zero-order valence-electron chi connectivity index (χ0n) is 17.2. The third-order valence-electron chi connectivity index (χ3n) is 6.05. The predicted molar refractivity (Wildman–Crippen MR) is 123 cm³/mol. The lowest BCUT2D eigenvalue weighted by Gasteiger charge is -2.39. The molecule has 1 fully saturated rings. The fourth-order valence-electron chi connectivity index (χ4n) is 4.25. The summed E-state index contributed by atoms with van der Waals surface area (Å²) in [6.07, 6.45) is 0.975. The molecule has 0 spiro atoms. The van der Waals surface area contributed by atoms with Gasteiger partial charge in [0.25, 0.3) is 0 Å². The van der Waals surface area contributed by atoms with Gasteiger partial charge in [0, 0.05) is 23.5 Å². The molecule has 5 nitrogen and oxygen atoms in total. The van der Waals surface area contributed by atoms with Gasteiger partial charge in [0.05, 0.1) is 16.7 Å². The molecule has 0 radical (unpaired) electrons. The molecule has 0 bridgehead atoms. The van der Waals surface area contributed by atoms with Crippen molar-refractivity contribution in [1.29, 1.82) is 0 Å². The molecule has 2 heterocycles. The first-order valence-corrected chi connectivity index (χ1v) is 10.8. The molecule has 0 amide bonds. The van der Waals surface area contributed by atoms with E-state index >= 15 is 0 Å². The van der Waals surface area contributed by atoms with Crippen molar-refractivity contribution in [3.05, 3.63) is 83.1 Å². The SMILES string of the molecule is Oc1ccccc1-c1nc(N2CCC(O)(c3ccc(Cl)cc3)CC2)c2cc(F)ccc2n1. The van der Waals surface area contributed by atoms with Gasteiger partial charge in [-0.3, -0.25) is 0 Å². The number of aromatic nitrogens is 2. The van der Waals surface area contributed by atoms with Crippen molar-refractivity contribution in [1.82, 2.24) is 9.97 Å². The number of aromatic hydroxyl groups is 1. The summed E-state index contributed by atoms with van der Waals surface area (Å²) in [6, 6.07) is 18.5. The van der Waals surface area contributed by atoms with E-state index in [0.717, 1.165) is 5.56 Å². The highest BCUT2D eigenvalue weighted by molar-refractivity contribution is 6.30. The van der Waals surface area contributed by atoms with Gasteiger partial charge in [-0.05, 0) is 60.9 Å². The van der Waals surface area contributed by atoms with Crippen molar-refractivity contribution >= 4 is 28.3 Å². The average molecular weight is 450 g/mol. The summed E-state index contributed by atoms with van der Waals surface area (Å²) in [5.41, 5.74) is 0.966. The lowest BCUT2D eigenvalue weighted by atomic mass is 9.84. The molecule has 3 aromatic carbocycles. The van der Waals surface area contributed by atoms with E-state index in [1.54, 1.807) is 42.5 Å². The van der Waals surface area contributed by atoms with Crippen LogP contribution in [-0.2, 0) is 5.60 Å². The number of rotatable bonds is 3. The smallest absolute Gasteiger partial charge is 0.165 e. The zero-order chi connectivity index (χ0) is 22.3. The number of aliphatic hydroxyl groups is 1. The Hall–Kier alpha value is -3.22. The number of piperidine rings is 1. The third-order valence-corrected chi connectivity index (χ3v) is 6.31. The second-order valence-electron chi connectivity index (χ2n) is 8.07. The molecular weight excluding hydrogens is 429 g/mol. The lowest BCUT2D eigenvalue weighted by molar-refractivity contribution is 0.0117. The van der Waals surface area contributed by atoms with Gasteiger partial charge in [-0.15, -0.1) is 0 Å². The van der Waals surface area contributed by atoms with Crippen molar-refractivity contribution in [2.24, 2.45) is 0 Å². The standard InChI is InChI=1S/C25H21ClFN3O2/c26-17-7-5-16(6-8-17)25(32)11-13-30(14-12-25)24-20-15-18(27)9-10-21(20)28-23(29-24)19-3-1-2-4-22(19)31/h1-10,15,31-32H,11-14H2. The number of hydrogen-bond acceptors (Lipinski definition) is 5. The van der Waals surface area contributed by atoms with Gasteiger partial charge < -0.3 is 15.1 Å². The van der Waals surface area contributed by atoms with Gasteiger partial charge in [0.2, 0.25) is 0 Å². The molecule has 0 saturated carbocycles. The molecular formula is C25H21ClFN3O2. The molecule has 5 rings (SSSR count). The first-order chi connectivity index (χ1) is 15.4. The van der Waals surface area contributed by atoms with Crippen LogP contribution in [0.25, 0.3) is 22.3 Å². The molecule has 1 aliphatic rings. The van der Waals surface area contributed by atoms with E-state index in [2.05, 4.69) is 4.98 Å². The van der Waals surface area contributed by atoms with Gasteiger partial charge in [0.15, 0.2) is 5.82 Å². The Bertz CT molecular complexity index is 1290. The first-order valence-electron chi connectivity index (χ1n) is 10.4. The molecule has 2 N–H and O–H groups in total. The third kappa shape index (κ3) is 3.76. The number of benzene rings is 3. The van der Waals surface area contributed by atoms with E-state index in [4.69, 9.17) is 16.6 Å². The largest absolute Gasteiger partial charge is 0.507 e. The number of hydrogen-bond donors (Lipinski definition) is 2. The normalized spacial score (nSPS) is 15.8. The molecule has 32 heavy (non-hydrogen) atoms. The number of nitrogens with zero attached hydrogens (tertiary/aromatic N) is 3. The second kappa shape index (κ2) is 8.04. The topological polar surface area (TPSA) is 69.5 Å². The van der Waals surface area contributed by atoms with Crippen LogP contribution in [0.1, 0.15) is 18.4 Å². The fraction of sp³-hybridized carbons (Fsp3) is 0.200. The van der Waals surface area contributed by atoms with Gasteiger partial charge in [-0.1, -0.05) is 35.9 Å². The Morgan fingerprint density at radius 1 is 0.938 bits per heavy atom. The van der Waals surface area contributed by atoms with Crippen LogP contribution in [0.2, 0.25) is 5.02 Å². The monoisotopic (exact) mass is 449 g/mol. The first kappa shape index (κ1) is 20.7. The summed E-state index contributed by atoms with van der Waals surface area (Å²) < 4.78 is 14.1. The van der Waals surface area contributed by atoms with Crippen LogP contribution >= 0.6 is 11.6 Å². The van der Waals surface area contributed by atoms with Crippen LogP contribution in [0.4, 0.5) is 10.2 Å². The maximum absolute atomic E-state index is 14.1. The zero-order valence-corrected chi connectivity index (χ0v) is 17.9. The molecule has 4 aromatic rings. The van der Waals surface area contributed by atoms with Crippen molar-refractivity contribution in [2.45, 2.75) is 18.4 Å². The average Bonchev–Trinajstić information content (AvgIpc) is 2.80. The van der Waals surface area contributed by atoms with E-state index < -0.39 is 5.60 Å². The van der Waals surface area contributed by atoms with E-state index in [1.165, 1.54) is 12.1 Å². The Kier molecular flexibility index (Phi) is 5.19. The maximum atomic E-state index is 14.1. The van der Waals surface area contributed by atoms with Gasteiger partial charge in [-0.25, -0.2) is 14.4 Å². The highest BCUT2D eigenvalue weighted by Gasteiger charge is 2.35. The minimum Gasteiger partial charge on any atom is -0.507 e. The summed E-state index contributed by atoms with van der Waals surface area (Å²) in [6.45, 7) is 1.06. The summed E-state index contributed by atoms with van der Waals surface area (Å²) in [7, 11) is 0. The molecule has 0 unspecified atom stereocenters.